The molecule has 0 spiro atoms. The number of fused-ring (bicyclic) bond motifs is 1. The molecule has 0 bridgehead atoms. The van der Waals surface area contributed by atoms with Crippen LogP contribution < -0.4 is 4.90 Å². The topological polar surface area (TPSA) is 37.4 Å². The van der Waals surface area contributed by atoms with E-state index in [2.05, 4.69) is 15.9 Å². The van der Waals surface area contributed by atoms with Gasteiger partial charge < -0.3 is 0 Å². The standard InChI is InChI=1S/C15H10BrNO2/c1-9-6-7-13(12(16)8-9)17-14(18)10-4-2-3-5-11(10)15(17)19/h2-8H,1H3. The third-order valence-corrected chi connectivity index (χ3v) is 3.77. The summed E-state index contributed by atoms with van der Waals surface area (Å²) in [6.45, 7) is 1.96. The van der Waals surface area contributed by atoms with Crippen molar-refractivity contribution in [2.75, 3.05) is 4.90 Å². The second-order valence-corrected chi connectivity index (χ2v) is 5.30. The lowest BCUT2D eigenvalue weighted by atomic mass is 10.1. The number of benzene rings is 2. The van der Waals surface area contributed by atoms with Gasteiger partial charge in [0.25, 0.3) is 11.8 Å². The smallest absolute Gasteiger partial charge is 0.266 e. The van der Waals surface area contributed by atoms with Crippen molar-refractivity contribution in [3.63, 3.8) is 0 Å². The van der Waals surface area contributed by atoms with Gasteiger partial charge in [-0.2, -0.15) is 0 Å². The highest BCUT2D eigenvalue weighted by molar-refractivity contribution is 9.10. The molecule has 3 nitrogen and oxygen atoms in total. The van der Waals surface area contributed by atoms with E-state index in [0.717, 1.165) is 10.0 Å². The maximum atomic E-state index is 12.3. The molecule has 19 heavy (non-hydrogen) atoms. The Morgan fingerprint density at radius 1 is 0.947 bits per heavy atom. The minimum absolute atomic E-state index is 0.273. The van der Waals surface area contributed by atoms with Gasteiger partial charge in [0.1, 0.15) is 0 Å². The van der Waals surface area contributed by atoms with E-state index in [1.807, 2.05) is 19.1 Å². The van der Waals surface area contributed by atoms with Gasteiger partial charge in [0, 0.05) is 4.47 Å². The van der Waals surface area contributed by atoms with Crippen LogP contribution in [0.4, 0.5) is 5.69 Å². The van der Waals surface area contributed by atoms with Crippen LogP contribution in [-0.2, 0) is 0 Å². The zero-order chi connectivity index (χ0) is 13.6. The first-order valence-corrected chi connectivity index (χ1v) is 6.63. The Kier molecular flexibility index (Phi) is 2.75. The van der Waals surface area contributed by atoms with E-state index in [9.17, 15) is 9.59 Å². The summed E-state index contributed by atoms with van der Waals surface area (Å²) in [5.74, 6) is -0.546. The third kappa shape index (κ3) is 1.79. The van der Waals surface area contributed by atoms with Gasteiger partial charge >= 0.3 is 0 Å². The van der Waals surface area contributed by atoms with Crippen LogP contribution in [0.15, 0.2) is 46.9 Å². The minimum atomic E-state index is -0.273. The van der Waals surface area contributed by atoms with Gasteiger partial charge in [-0.05, 0) is 52.7 Å². The summed E-state index contributed by atoms with van der Waals surface area (Å²) in [5, 5.41) is 0. The van der Waals surface area contributed by atoms with Crippen LogP contribution in [-0.4, -0.2) is 11.8 Å². The fourth-order valence-electron chi connectivity index (χ4n) is 2.20. The minimum Gasteiger partial charge on any atom is -0.268 e. The maximum absolute atomic E-state index is 12.3. The number of carbonyl (C=O) groups excluding carboxylic acids is 2. The molecule has 1 aliphatic heterocycles. The summed E-state index contributed by atoms with van der Waals surface area (Å²) in [5.41, 5.74) is 2.56. The molecule has 2 aromatic rings. The van der Waals surface area contributed by atoms with Gasteiger partial charge in [-0.1, -0.05) is 18.2 Å². The SMILES string of the molecule is Cc1ccc(N2C(=O)c3ccccc3C2=O)c(Br)c1. The van der Waals surface area contributed by atoms with Gasteiger partial charge in [-0.25, -0.2) is 4.90 Å². The average molecular weight is 316 g/mol. The Morgan fingerprint density at radius 3 is 2.05 bits per heavy atom. The fourth-order valence-corrected chi connectivity index (χ4v) is 2.87. The highest BCUT2D eigenvalue weighted by atomic mass is 79.9. The summed E-state index contributed by atoms with van der Waals surface area (Å²) in [4.78, 5) is 25.9. The number of carbonyl (C=O) groups is 2. The normalized spacial score (nSPS) is 13.9. The first-order valence-electron chi connectivity index (χ1n) is 5.83. The van der Waals surface area contributed by atoms with Crippen LogP contribution >= 0.6 is 15.9 Å². The molecule has 0 radical (unpaired) electrons. The van der Waals surface area contributed by atoms with Gasteiger partial charge in [-0.3, -0.25) is 9.59 Å². The summed E-state index contributed by atoms with van der Waals surface area (Å²) >= 11 is 3.41. The van der Waals surface area contributed by atoms with Crippen molar-refractivity contribution in [1.29, 1.82) is 0 Å². The molecule has 3 rings (SSSR count). The van der Waals surface area contributed by atoms with E-state index in [1.54, 1.807) is 30.3 Å². The van der Waals surface area contributed by atoms with E-state index in [1.165, 1.54) is 4.90 Å². The van der Waals surface area contributed by atoms with Crippen LogP contribution in [0.25, 0.3) is 0 Å². The van der Waals surface area contributed by atoms with E-state index in [0.29, 0.717) is 16.8 Å². The molecule has 2 aromatic carbocycles. The number of amides is 2. The summed E-state index contributed by atoms with van der Waals surface area (Å²) < 4.78 is 0.738. The number of rotatable bonds is 1. The molecule has 2 amide bonds. The Bertz CT molecular complexity index is 674. The third-order valence-electron chi connectivity index (χ3n) is 3.14. The molecule has 0 aliphatic carbocycles. The number of anilines is 1. The number of halogens is 1. The van der Waals surface area contributed by atoms with Gasteiger partial charge in [0.2, 0.25) is 0 Å². The van der Waals surface area contributed by atoms with Crippen LogP contribution in [0.1, 0.15) is 26.3 Å². The van der Waals surface area contributed by atoms with Crippen molar-refractivity contribution in [3.05, 3.63) is 63.6 Å². The zero-order valence-corrected chi connectivity index (χ0v) is 11.8. The quantitative estimate of drug-likeness (QED) is 0.755. The molecular formula is C15H10BrNO2. The van der Waals surface area contributed by atoms with Crippen LogP contribution in [0, 0.1) is 6.92 Å². The molecule has 0 saturated carbocycles. The van der Waals surface area contributed by atoms with E-state index >= 15 is 0 Å². The van der Waals surface area contributed by atoms with Gasteiger partial charge in [0.15, 0.2) is 0 Å². The van der Waals surface area contributed by atoms with Crippen molar-refractivity contribution in [1.82, 2.24) is 0 Å². The van der Waals surface area contributed by atoms with Gasteiger partial charge in [-0.15, -0.1) is 0 Å². The van der Waals surface area contributed by atoms with Crippen molar-refractivity contribution in [2.45, 2.75) is 6.92 Å². The van der Waals surface area contributed by atoms with Crippen molar-refractivity contribution in [2.24, 2.45) is 0 Å². The average Bonchev–Trinajstić information content (AvgIpc) is 2.64. The molecule has 0 atom stereocenters. The number of hydrogen-bond donors (Lipinski definition) is 0. The zero-order valence-electron chi connectivity index (χ0n) is 10.2. The number of aryl methyl sites for hydroxylation is 1. The molecule has 0 N–H and O–H groups in total. The van der Waals surface area contributed by atoms with Crippen LogP contribution in [0.3, 0.4) is 0 Å². The van der Waals surface area contributed by atoms with Crippen molar-refractivity contribution < 1.29 is 9.59 Å². The Hall–Kier alpha value is -1.94. The predicted octanol–water partition coefficient (Wildman–Crippen LogP) is 3.56. The van der Waals surface area contributed by atoms with E-state index in [-0.39, 0.29) is 11.8 Å². The summed E-state index contributed by atoms with van der Waals surface area (Å²) in [6.07, 6.45) is 0. The molecule has 4 heteroatoms. The molecular weight excluding hydrogens is 306 g/mol. The second-order valence-electron chi connectivity index (χ2n) is 4.45. The Balaban J connectivity index is 2.14. The lowest BCUT2D eigenvalue weighted by Crippen LogP contribution is -2.29. The first kappa shape index (κ1) is 12.1. The molecule has 0 aromatic heterocycles. The summed E-state index contributed by atoms with van der Waals surface area (Å²) in [6, 6.07) is 12.4. The van der Waals surface area contributed by atoms with Gasteiger partial charge in [0.05, 0.1) is 16.8 Å². The first-order chi connectivity index (χ1) is 9.09. The lowest BCUT2D eigenvalue weighted by molar-refractivity contribution is 0.0926. The molecule has 1 heterocycles. The Labute approximate surface area is 119 Å². The monoisotopic (exact) mass is 315 g/mol. The molecule has 0 unspecified atom stereocenters. The lowest BCUT2D eigenvalue weighted by Gasteiger charge is -2.16. The van der Waals surface area contributed by atoms with Crippen molar-refractivity contribution in [3.8, 4) is 0 Å². The molecule has 1 aliphatic rings. The highest BCUT2D eigenvalue weighted by Crippen LogP contribution is 2.33. The number of hydrogen-bond acceptors (Lipinski definition) is 2. The van der Waals surface area contributed by atoms with Crippen molar-refractivity contribution >= 4 is 33.4 Å². The number of nitrogens with zero attached hydrogens (tertiary/aromatic N) is 1. The highest BCUT2D eigenvalue weighted by Gasteiger charge is 2.36. The number of imide groups is 1. The maximum Gasteiger partial charge on any atom is 0.266 e. The molecule has 0 saturated heterocycles. The van der Waals surface area contributed by atoms with E-state index in [4.69, 9.17) is 0 Å². The largest absolute Gasteiger partial charge is 0.268 e. The van der Waals surface area contributed by atoms with Crippen LogP contribution in [0.5, 0.6) is 0 Å². The van der Waals surface area contributed by atoms with E-state index < -0.39 is 0 Å². The molecule has 0 fully saturated rings. The second kappa shape index (κ2) is 4.31. The van der Waals surface area contributed by atoms with Crippen LogP contribution in [0.2, 0.25) is 0 Å². The molecule has 94 valence electrons. The Morgan fingerprint density at radius 2 is 1.53 bits per heavy atom. The fraction of sp³-hybridized carbons (Fsp3) is 0.0667. The predicted molar refractivity (Wildman–Crippen MR) is 76.5 cm³/mol. The summed E-state index contributed by atoms with van der Waals surface area (Å²) in [7, 11) is 0.